The summed E-state index contributed by atoms with van der Waals surface area (Å²) < 4.78 is 39.6. The second kappa shape index (κ2) is 11.9. The lowest BCUT2D eigenvalue weighted by Crippen LogP contribution is -2.38. The number of para-hydroxylation sites is 1. The second-order valence-electron chi connectivity index (χ2n) is 9.06. The fourth-order valence-electron chi connectivity index (χ4n) is 4.55. The number of amides is 1. The molecule has 1 aromatic heterocycles. The zero-order chi connectivity index (χ0) is 28.1. The molecular weight excluding hydrogens is 548 g/mol. The van der Waals surface area contributed by atoms with Gasteiger partial charge in [-0.25, -0.2) is 13.2 Å². The van der Waals surface area contributed by atoms with Gasteiger partial charge in [0.05, 0.1) is 22.8 Å². The van der Waals surface area contributed by atoms with Crippen molar-refractivity contribution in [1.29, 1.82) is 0 Å². The van der Waals surface area contributed by atoms with Crippen molar-refractivity contribution in [3.8, 4) is 11.5 Å². The normalized spacial score (nSPS) is 12.4. The molecule has 3 aromatic carbocycles. The number of sulfonamides is 1. The van der Waals surface area contributed by atoms with Gasteiger partial charge in [-0.15, -0.1) is 11.3 Å². The van der Waals surface area contributed by atoms with Crippen molar-refractivity contribution in [3.05, 3.63) is 101 Å². The average Bonchev–Trinajstić information content (AvgIpc) is 3.54. The van der Waals surface area contributed by atoms with E-state index in [0.717, 1.165) is 34.0 Å². The molecule has 0 bridgehead atoms. The van der Waals surface area contributed by atoms with Crippen LogP contribution in [0.4, 0.5) is 10.7 Å². The van der Waals surface area contributed by atoms with Crippen molar-refractivity contribution in [2.75, 3.05) is 22.8 Å². The molecule has 10 heteroatoms. The van der Waals surface area contributed by atoms with Gasteiger partial charge in [0, 0.05) is 4.88 Å². The third kappa shape index (κ3) is 5.88. The Balaban J connectivity index is 1.43. The molecule has 0 radical (unpaired) electrons. The number of nitrogens with one attached hydrogen (secondary N) is 1. The number of nitrogens with zero attached hydrogens (tertiary/aromatic N) is 1. The van der Waals surface area contributed by atoms with Crippen LogP contribution in [0.15, 0.2) is 89.8 Å². The van der Waals surface area contributed by atoms with Crippen molar-refractivity contribution in [3.63, 3.8) is 0 Å². The largest absolute Gasteiger partial charge is 0.462 e. The Morgan fingerprint density at radius 3 is 2.23 bits per heavy atom. The zero-order valence-corrected chi connectivity index (χ0v) is 23.5. The molecule has 0 aliphatic heterocycles. The molecule has 0 unspecified atom stereocenters. The average molecular weight is 577 g/mol. The highest BCUT2D eigenvalue weighted by Gasteiger charge is 2.31. The fraction of sp³-hybridized carbons (Fsp3) is 0.200. The lowest BCUT2D eigenvalue weighted by atomic mass is 10.1. The van der Waals surface area contributed by atoms with Gasteiger partial charge in [0.15, 0.2) is 0 Å². The zero-order valence-electron chi connectivity index (χ0n) is 21.8. The molecule has 1 heterocycles. The van der Waals surface area contributed by atoms with Gasteiger partial charge >= 0.3 is 5.97 Å². The molecule has 4 aromatic rings. The van der Waals surface area contributed by atoms with Crippen molar-refractivity contribution in [2.24, 2.45) is 0 Å². The standard InChI is InChI=1S/C30H28N2O6S2/c1-2-37-30(34)28-25-14-9-15-26(25)39-29(28)31-27(33)20-32(40(35,36)24-12-7-4-8-13-24)21-16-18-23(19-17-21)38-22-10-5-3-6-11-22/h3-8,10-13,16-19H,2,9,14-15,20H2,1H3,(H,31,33). The molecule has 5 rings (SSSR count). The summed E-state index contributed by atoms with van der Waals surface area (Å²) in [5, 5.41) is 3.18. The highest BCUT2D eigenvalue weighted by atomic mass is 32.2. The molecule has 206 valence electrons. The van der Waals surface area contributed by atoms with Crippen LogP contribution in [0.3, 0.4) is 0 Å². The molecule has 40 heavy (non-hydrogen) atoms. The Morgan fingerprint density at radius 2 is 1.55 bits per heavy atom. The van der Waals surface area contributed by atoms with Crippen LogP contribution in [0, 0.1) is 0 Å². The van der Waals surface area contributed by atoms with E-state index in [1.54, 1.807) is 49.4 Å². The minimum Gasteiger partial charge on any atom is -0.462 e. The van der Waals surface area contributed by atoms with Crippen LogP contribution in [0.1, 0.15) is 34.1 Å². The molecule has 1 N–H and O–H groups in total. The van der Waals surface area contributed by atoms with Gasteiger partial charge in [-0.2, -0.15) is 0 Å². The van der Waals surface area contributed by atoms with Gasteiger partial charge in [-0.1, -0.05) is 36.4 Å². The summed E-state index contributed by atoms with van der Waals surface area (Å²) in [5.41, 5.74) is 1.56. The number of thiophene rings is 1. The number of fused-ring (bicyclic) bond motifs is 1. The molecular formula is C30H28N2O6S2. The summed E-state index contributed by atoms with van der Waals surface area (Å²) in [4.78, 5) is 27.2. The first-order valence-corrected chi connectivity index (χ1v) is 15.1. The maximum atomic E-state index is 13.7. The molecule has 0 saturated carbocycles. The molecule has 0 spiro atoms. The minimum atomic E-state index is -4.10. The number of esters is 1. The Kier molecular flexibility index (Phi) is 8.18. The molecule has 1 aliphatic rings. The minimum absolute atomic E-state index is 0.0507. The van der Waals surface area contributed by atoms with Crippen molar-refractivity contribution >= 4 is 43.9 Å². The predicted octanol–water partition coefficient (Wildman–Crippen LogP) is 6.04. The molecule has 1 aliphatic carbocycles. The maximum absolute atomic E-state index is 13.7. The summed E-state index contributed by atoms with van der Waals surface area (Å²) in [5.74, 6) is 0.0989. The van der Waals surface area contributed by atoms with E-state index >= 15 is 0 Å². The van der Waals surface area contributed by atoms with Gasteiger partial charge < -0.3 is 14.8 Å². The van der Waals surface area contributed by atoms with Crippen LogP contribution in [0.5, 0.6) is 11.5 Å². The Bertz CT molecular complexity index is 1600. The maximum Gasteiger partial charge on any atom is 0.341 e. The van der Waals surface area contributed by atoms with E-state index in [4.69, 9.17) is 9.47 Å². The van der Waals surface area contributed by atoms with E-state index in [2.05, 4.69) is 5.32 Å². The lowest BCUT2D eigenvalue weighted by molar-refractivity contribution is -0.114. The van der Waals surface area contributed by atoms with Crippen LogP contribution in [0.2, 0.25) is 0 Å². The second-order valence-corrected chi connectivity index (χ2v) is 12.0. The van der Waals surface area contributed by atoms with Crippen molar-refractivity contribution in [1.82, 2.24) is 0 Å². The van der Waals surface area contributed by atoms with Crippen LogP contribution < -0.4 is 14.4 Å². The van der Waals surface area contributed by atoms with E-state index in [-0.39, 0.29) is 11.5 Å². The highest BCUT2D eigenvalue weighted by Crippen LogP contribution is 2.39. The Morgan fingerprint density at radius 1 is 0.900 bits per heavy atom. The number of carbonyl (C=O) groups is 2. The number of ether oxygens (including phenoxy) is 2. The highest BCUT2D eigenvalue weighted by molar-refractivity contribution is 7.92. The summed E-state index contributed by atoms with van der Waals surface area (Å²) >= 11 is 1.34. The van der Waals surface area contributed by atoms with Gasteiger partial charge in [0.2, 0.25) is 5.91 Å². The first-order chi connectivity index (χ1) is 19.4. The van der Waals surface area contributed by atoms with Gasteiger partial charge in [-0.05, 0) is 80.3 Å². The predicted molar refractivity (Wildman–Crippen MR) is 155 cm³/mol. The van der Waals surface area contributed by atoms with Crippen LogP contribution in [-0.2, 0) is 32.4 Å². The number of carbonyl (C=O) groups excluding carboxylic acids is 2. The van der Waals surface area contributed by atoms with Gasteiger partial charge in [-0.3, -0.25) is 9.10 Å². The van der Waals surface area contributed by atoms with E-state index in [1.165, 1.54) is 23.5 Å². The lowest BCUT2D eigenvalue weighted by Gasteiger charge is -2.24. The van der Waals surface area contributed by atoms with Crippen LogP contribution in [0.25, 0.3) is 0 Å². The molecule has 0 fully saturated rings. The summed E-state index contributed by atoms with van der Waals surface area (Å²) in [6.45, 7) is 1.44. The topological polar surface area (TPSA) is 102 Å². The van der Waals surface area contributed by atoms with Crippen molar-refractivity contribution in [2.45, 2.75) is 31.1 Å². The first-order valence-electron chi connectivity index (χ1n) is 12.9. The summed E-state index contributed by atoms with van der Waals surface area (Å²) in [6.07, 6.45) is 2.50. The molecule has 0 atom stereocenters. The number of benzene rings is 3. The molecule has 8 nitrogen and oxygen atoms in total. The first kappa shape index (κ1) is 27.4. The third-order valence-corrected chi connectivity index (χ3v) is 9.37. The molecule has 1 amide bonds. The van der Waals surface area contributed by atoms with Crippen LogP contribution in [-0.4, -0.2) is 33.4 Å². The monoisotopic (exact) mass is 576 g/mol. The number of aryl methyl sites for hydroxylation is 1. The quantitative estimate of drug-likeness (QED) is 0.231. The van der Waals surface area contributed by atoms with E-state index in [0.29, 0.717) is 27.8 Å². The van der Waals surface area contributed by atoms with E-state index < -0.39 is 28.4 Å². The number of anilines is 2. The van der Waals surface area contributed by atoms with Gasteiger partial charge in [0.25, 0.3) is 10.0 Å². The smallest absolute Gasteiger partial charge is 0.341 e. The van der Waals surface area contributed by atoms with E-state index in [9.17, 15) is 18.0 Å². The summed E-state index contributed by atoms with van der Waals surface area (Å²) in [7, 11) is -4.10. The summed E-state index contributed by atoms with van der Waals surface area (Å²) in [6, 6.07) is 23.6. The third-order valence-electron chi connectivity index (χ3n) is 6.38. The Labute approximate surface area is 237 Å². The van der Waals surface area contributed by atoms with Crippen LogP contribution >= 0.6 is 11.3 Å². The number of hydrogen-bond donors (Lipinski definition) is 1. The van der Waals surface area contributed by atoms with E-state index in [1.807, 2.05) is 30.3 Å². The van der Waals surface area contributed by atoms with Gasteiger partial charge in [0.1, 0.15) is 23.0 Å². The Hall–Kier alpha value is -4.15. The molecule has 0 saturated heterocycles. The van der Waals surface area contributed by atoms with Crippen molar-refractivity contribution < 1.29 is 27.5 Å². The number of hydrogen-bond acceptors (Lipinski definition) is 7. The fourth-order valence-corrected chi connectivity index (χ4v) is 7.28. The SMILES string of the molecule is CCOC(=O)c1c(NC(=O)CN(c2ccc(Oc3ccccc3)cc2)S(=O)(=O)c2ccccc2)sc2c1CCC2. The number of rotatable bonds is 10.